The first-order valence-corrected chi connectivity index (χ1v) is 53.1. The molecule has 1 aliphatic heterocycles. The van der Waals surface area contributed by atoms with Gasteiger partial charge in [0.1, 0.15) is 46.9 Å². The number of rotatable bonds is 46. The van der Waals surface area contributed by atoms with Gasteiger partial charge in [-0.05, 0) is 263 Å². The molecule has 0 bridgehead atoms. The molecule has 36 heteroatoms. The minimum atomic E-state index is -4.32. The Labute approximate surface area is 870 Å². The maximum Gasteiger partial charge on any atom is 0.416 e. The van der Waals surface area contributed by atoms with E-state index in [1.807, 2.05) is 135 Å². The molecule has 5 unspecified atom stereocenters. The predicted molar refractivity (Wildman–Crippen MR) is 563 cm³/mol. The van der Waals surface area contributed by atoms with E-state index in [0.717, 1.165) is 202 Å². The van der Waals surface area contributed by atoms with Gasteiger partial charge in [-0.1, -0.05) is 165 Å². The van der Waals surface area contributed by atoms with Gasteiger partial charge in [-0.3, -0.25) is 18.0 Å². The summed E-state index contributed by atoms with van der Waals surface area (Å²) in [6.45, 7) is 37.5. The van der Waals surface area contributed by atoms with Gasteiger partial charge < -0.3 is 53.2 Å². The number of carbonyl (C=O) groups is 2. The van der Waals surface area contributed by atoms with Gasteiger partial charge >= 0.3 is 36.8 Å². The molecule has 1 fully saturated rings. The third-order valence-corrected chi connectivity index (χ3v) is 23.5. The van der Waals surface area contributed by atoms with Crippen molar-refractivity contribution in [2.75, 3.05) is 110 Å². The summed E-state index contributed by atoms with van der Waals surface area (Å²) in [6, 6.07) is 42.5. The number of aliphatic hydroxyl groups is 2. The van der Waals surface area contributed by atoms with E-state index in [0.29, 0.717) is 74.6 Å². The number of ether oxygens (including phenoxy) is 8. The highest BCUT2D eigenvalue weighted by molar-refractivity contribution is 7.99. The second-order valence-electron chi connectivity index (χ2n) is 32.3. The molecule has 25 nitrogen and oxygen atoms in total. The predicted octanol–water partition coefficient (Wildman–Crippen LogP) is 26.2. The van der Waals surface area contributed by atoms with Crippen LogP contribution in [-0.4, -0.2) is 173 Å². The lowest BCUT2D eigenvalue weighted by Gasteiger charge is -2.17. The van der Waals surface area contributed by atoms with Crippen LogP contribution >= 0.6 is 36.2 Å². The Morgan fingerprint density at radius 1 is 0.444 bits per heavy atom. The SMILES string of the molecule is C.C.C.C1CCOC1.CC(=O)COc1ccc(S)cc1C.CCCC(CC)C(=O)OCC.CCCC(CC)COS(C)(=O)=O.CCCC(CO)CO.CCCC(COc1ccc(C(F)(F)F)cc1)CSc1ccc(OC)c(C)c1.CCCC(COc1ccc(C)cc1)COS(C)(=O)=O.CCCOc1ccc(SCC(CCC)COc2ccc(C(F)(F)F)cc2)cc1C.Cc1ccc(O)cc1.O=C=O.O=C=O.O=C=O. The minimum absolute atomic E-state index is 0. The Balaban J connectivity index is -0.000000301. The average Bonchev–Trinajstić information content (AvgIpc) is 0.953. The van der Waals surface area contributed by atoms with Crippen LogP contribution in [0.3, 0.4) is 0 Å². The van der Waals surface area contributed by atoms with Crippen LogP contribution in [0.25, 0.3) is 0 Å². The Morgan fingerprint density at radius 3 is 1.10 bits per heavy atom. The molecule has 7 aromatic carbocycles. The number of thiol groups is 1. The molecule has 1 saturated heterocycles. The number of hydrogen-bond acceptors (Lipinski definition) is 28. The van der Waals surface area contributed by atoms with Crippen molar-refractivity contribution in [1.82, 2.24) is 0 Å². The highest BCUT2D eigenvalue weighted by Crippen LogP contribution is 2.35. The van der Waals surface area contributed by atoms with E-state index in [1.54, 1.807) is 42.8 Å². The molecule has 1 aliphatic rings. The van der Waals surface area contributed by atoms with Crippen LogP contribution < -0.4 is 28.4 Å². The zero-order valence-electron chi connectivity index (χ0n) is 85.5. The van der Waals surface area contributed by atoms with E-state index in [4.69, 9.17) is 90.3 Å². The molecule has 0 radical (unpaired) electrons. The van der Waals surface area contributed by atoms with Crippen molar-refractivity contribution >= 4 is 86.6 Å². The number of Topliss-reactive ketones (excluding diaryl/α,β-unsaturated/α-hetero) is 1. The minimum Gasteiger partial charge on any atom is -0.508 e. The number of carbonyl (C=O) groups excluding carboxylic acids is 8. The molecule has 144 heavy (non-hydrogen) atoms. The van der Waals surface area contributed by atoms with Crippen LogP contribution in [0.1, 0.15) is 247 Å². The molecule has 0 aliphatic carbocycles. The van der Waals surface area contributed by atoms with E-state index in [-0.39, 0.29) is 96.7 Å². The standard InChI is InChI=1S/C23H29F3O2S.C21H25F3O2S.C14H22O4S.C10H12O2S.C9H18O2.C8H18O3S.C7H8O.C6H14O2.C4H8O.3CO2.3CH4/c1-4-6-18(15-28-20-9-7-19(8-10-20)23(24,25)26)16-29-21-11-12-22(17(3)14-21)27-13-5-2;1-4-5-16(14-27-19-10-11-20(25-3)15(2)12-19)13-26-18-8-6-17(7-9-18)21(22,23)24;1-4-5-13(11-18-19(3,15)16)10-17-14-8-6-12(2)7-9-14;1-7-5-9(13)3-4-10(7)12-6-8(2)11;1-4-7-8(5-2)9(10)11-6-3;1-4-6-8(5-2)7-11-12(3,9)10;1-6-2-4-7(8)5-3-6;1-2-3-6(4-7)5-8;1-2-4-5-3-1;3*2-1-3;;;/h7-12,14,18H,4-6,13,15-16H2,1-3H3;6-12,16H,4-5,13-14H2,1-3H3;6-9,13H,4-5,10-11H2,1-3H3;3-5,13H,6H2,1-2H3;8H,4-7H2,1-3H3;8H,4-7H2,1-3H3;2-5,8H,1H3;6-8H,2-5H2,1H3;1-4H2;;;;3*1H4. The van der Waals surface area contributed by atoms with E-state index < -0.39 is 43.7 Å². The fourth-order valence-corrected chi connectivity index (χ4v) is 15.5. The van der Waals surface area contributed by atoms with Crippen LogP contribution in [-0.2, 0) is 88.8 Å². The number of benzene rings is 7. The quantitative estimate of drug-likeness (QED) is 0.00905. The summed E-state index contributed by atoms with van der Waals surface area (Å²) in [6.07, 6.45) is 11.7. The number of aromatic hydroxyl groups is 1. The first-order valence-electron chi connectivity index (χ1n) is 47.0. The molecular formula is C108H166F6O25S5. The zero-order chi connectivity index (χ0) is 108. The number of methoxy groups -OCH3 is 1. The third kappa shape index (κ3) is 81.9. The van der Waals surface area contributed by atoms with Gasteiger partial charge in [-0.15, -0.1) is 36.2 Å². The molecule has 7 aromatic rings. The second kappa shape index (κ2) is 91.2. The molecule has 820 valence electrons. The normalized spacial score (nSPS) is 11.8. The summed E-state index contributed by atoms with van der Waals surface area (Å²) < 4.78 is 172. The summed E-state index contributed by atoms with van der Waals surface area (Å²) in [5.41, 5.74) is 4.24. The van der Waals surface area contributed by atoms with Gasteiger partial charge in [0.2, 0.25) is 0 Å². The van der Waals surface area contributed by atoms with Gasteiger partial charge in [0.25, 0.3) is 20.2 Å². The van der Waals surface area contributed by atoms with Crippen molar-refractivity contribution in [1.29, 1.82) is 0 Å². The van der Waals surface area contributed by atoms with Crippen LogP contribution in [0, 0.1) is 70.1 Å². The van der Waals surface area contributed by atoms with Crippen molar-refractivity contribution in [3.05, 3.63) is 191 Å². The average molecular weight is 2140 g/mol. The molecule has 0 saturated carbocycles. The Hall–Kier alpha value is -9.25. The van der Waals surface area contributed by atoms with Gasteiger partial charge in [0.05, 0.1) is 82.9 Å². The van der Waals surface area contributed by atoms with Crippen molar-refractivity contribution in [2.45, 2.75) is 269 Å². The van der Waals surface area contributed by atoms with E-state index in [2.05, 4.69) is 72.4 Å². The second-order valence-corrected chi connectivity index (χ2v) is 38.3. The fraction of sp³-hybridized carbons (Fsp3) is 0.565. The molecule has 0 aromatic heterocycles. The Morgan fingerprint density at radius 2 is 0.792 bits per heavy atom. The van der Waals surface area contributed by atoms with Crippen LogP contribution in [0.15, 0.2) is 166 Å². The Kier molecular flexibility index (Phi) is 93.6. The first kappa shape index (κ1) is 148. The number of thioether (sulfide) groups is 2. The number of phenolic OH excluding ortho intramolecular Hbond substituents is 1. The zero-order valence-corrected chi connectivity index (χ0v) is 89.6. The van der Waals surface area contributed by atoms with E-state index in [9.17, 15) is 52.8 Å². The number of ketones is 1. The lowest BCUT2D eigenvalue weighted by Crippen LogP contribution is -2.20. The molecule has 0 spiro atoms. The van der Waals surface area contributed by atoms with E-state index >= 15 is 0 Å². The molecular weight excluding hydrogens is 1970 g/mol. The lowest BCUT2D eigenvalue weighted by molar-refractivity contribution is -0.193. The van der Waals surface area contributed by atoms with Gasteiger partial charge in [-0.25, -0.2) is 0 Å². The number of aliphatic hydroxyl groups excluding tert-OH is 2. The highest BCUT2D eigenvalue weighted by atomic mass is 32.2. The summed E-state index contributed by atoms with van der Waals surface area (Å²) in [5, 5.41) is 25.8. The first-order chi connectivity index (χ1) is 66.8. The van der Waals surface area contributed by atoms with Crippen LogP contribution in [0.2, 0.25) is 0 Å². The number of esters is 1. The summed E-state index contributed by atoms with van der Waals surface area (Å²) in [4.78, 5) is 73.8. The fourth-order valence-electron chi connectivity index (χ4n) is 12.1. The smallest absolute Gasteiger partial charge is 0.416 e. The van der Waals surface area contributed by atoms with Crippen molar-refractivity contribution < 1.29 is 143 Å². The maximum atomic E-state index is 12.7. The van der Waals surface area contributed by atoms with Crippen molar-refractivity contribution in [3.63, 3.8) is 0 Å². The molecule has 3 N–H and O–H groups in total. The van der Waals surface area contributed by atoms with E-state index in [1.165, 1.54) is 64.9 Å². The third-order valence-electron chi connectivity index (χ3n) is 19.6. The number of alkyl halides is 6. The summed E-state index contributed by atoms with van der Waals surface area (Å²) in [5.74, 6) is 7.72. The van der Waals surface area contributed by atoms with Crippen molar-refractivity contribution in [2.24, 2.45) is 35.5 Å². The topological polar surface area (TPSA) is 358 Å². The number of phenols is 1. The number of hydrogen-bond donors (Lipinski definition) is 4. The van der Waals surface area contributed by atoms with Crippen LogP contribution in [0.5, 0.6) is 40.2 Å². The van der Waals surface area contributed by atoms with Gasteiger partial charge in [0, 0.05) is 76.3 Å². The lowest BCUT2D eigenvalue weighted by atomic mass is 10.0. The summed E-state index contributed by atoms with van der Waals surface area (Å²) in [7, 11) is -4.97. The monoisotopic (exact) mass is 2140 g/mol. The number of aryl methyl sites for hydroxylation is 5. The number of halogens is 6. The summed E-state index contributed by atoms with van der Waals surface area (Å²) >= 11 is 7.72. The largest absolute Gasteiger partial charge is 0.508 e. The van der Waals surface area contributed by atoms with Crippen LogP contribution in [0.4, 0.5) is 26.3 Å². The Bertz CT molecular complexity index is 4620. The molecule has 8 rings (SSSR count). The molecule has 0 amide bonds. The van der Waals surface area contributed by atoms with Gasteiger partial charge in [-0.2, -0.15) is 71.9 Å². The molecule has 1 heterocycles. The highest BCUT2D eigenvalue weighted by Gasteiger charge is 2.31. The molecule has 5 atom stereocenters. The van der Waals surface area contributed by atoms with Crippen molar-refractivity contribution in [3.8, 4) is 40.2 Å². The maximum absolute atomic E-state index is 12.7. The van der Waals surface area contributed by atoms with Gasteiger partial charge in [0.15, 0.2) is 5.78 Å².